The molecule has 0 heterocycles. The Hall–Kier alpha value is -1.90. The van der Waals surface area contributed by atoms with E-state index in [0.717, 1.165) is 12.5 Å². The number of ether oxygens (including phenoxy) is 1. The van der Waals surface area contributed by atoms with Crippen LogP contribution in [-0.4, -0.2) is 37.4 Å². The Morgan fingerprint density at radius 1 is 1.55 bits per heavy atom. The van der Waals surface area contributed by atoms with Crippen molar-refractivity contribution < 1.29 is 19.0 Å². The van der Waals surface area contributed by atoms with E-state index in [9.17, 15) is 9.18 Å². The molecular formula is C15H18FNO3. The first-order valence-corrected chi connectivity index (χ1v) is 6.31. The van der Waals surface area contributed by atoms with Crippen molar-refractivity contribution in [2.45, 2.75) is 19.4 Å². The summed E-state index contributed by atoms with van der Waals surface area (Å²) >= 11 is 0. The van der Waals surface area contributed by atoms with Gasteiger partial charge in [-0.15, -0.1) is 0 Å². The van der Waals surface area contributed by atoms with Gasteiger partial charge in [-0.2, -0.15) is 0 Å². The Bertz CT molecular complexity index is 520. The Kier molecular flexibility index (Phi) is 6.71. The van der Waals surface area contributed by atoms with Crippen molar-refractivity contribution in [2.24, 2.45) is 0 Å². The largest absolute Gasteiger partial charge is 0.384 e. The number of aliphatic hydroxyl groups excluding tert-OH is 1. The molecule has 108 valence electrons. The van der Waals surface area contributed by atoms with Gasteiger partial charge < -0.3 is 15.2 Å². The number of rotatable bonds is 5. The Labute approximate surface area is 117 Å². The number of carbonyl (C=O) groups excluding carboxylic acids is 1. The van der Waals surface area contributed by atoms with Crippen LogP contribution in [0.25, 0.3) is 0 Å². The van der Waals surface area contributed by atoms with Crippen LogP contribution in [-0.2, 0) is 4.74 Å². The highest BCUT2D eigenvalue weighted by Crippen LogP contribution is 2.10. The van der Waals surface area contributed by atoms with Crippen LogP contribution in [0.2, 0.25) is 0 Å². The fourth-order valence-electron chi connectivity index (χ4n) is 1.62. The quantitative estimate of drug-likeness (QED) is 0.799. The fraction of sp³-hybridized carbons (Fsp3) is 0.400. The molecule has 0 fully saturated rings. The third-order valence-corrected chi connectivity index (χ3v) is 2.73. The Morgan fingerprint density at radius 3 is 2.85 bits per heavy atom. The molecule has 0 spiro atoms. The lowest BCUT2D eigenvalue weighted by atomic mass is 10.1. The van der Waals surface area contributed by atoms with Gasteiger partial charge in [-0.05, 0) is 24.6 Å². The van der Waals surface area contributed by atoms with E-state index in [1.165, 1.54) is 12.1 Å². The average molecular weight is 279 g/mol. The smallest absolute Gasteiger partial charge is 0.251 e. The summed E-state index contributed by atoms with van der Waals surface area (Å²) in [5.41, 5.74) is 0.381. The van der Waals surface area contributed by atoms with E-state index >= 15 is 0 Å². The third kappa shape index (κ3) is 4.65. The number of hydrogen-bond acceptors (Lipinski definition) is 3. The van der Waals surface area contributed by atoms with Gasteiger partial charge in [-0.25, -0.2) is 4.39 Å². The average Bonchev–Trinajstić information content (AvgIpc) is 2.45. The zero-order valence-corrected chi connectivity index (χ0v) is 11.6. The summed E-state index contributed by atoms with van der Waals surface area (Å²) in [6.45, 7) is 2.00. The lowest BCUT2D eigenvalue weighted by molar-refractivity contribution is 0.0894. The number of hydrogen-bond donors (Lipinski definition) is 2. The molecule has 0 bridgehead atoms. The highest BCUT2D eigenvalue weighted by Gasteiger charge is 2.13. The van der Waals surface area contributed by atoms with Crippen LogP contribution in [0.5, 0.6) is 0 Å². The standard InChI is InChI=1S/C15H18FNO3/c1-3-13(10-20-2)17-15(19)12-7-6-11(5-4-8-18)14(16)9-12/h6-7,9,13,18H,3,8,10H2,1-2H3,(H,17,19). The predicted molar refractivity (Wildman–Crippen MR) is 73.8 cm³/mol. The summed E-state index contributed by atoms with van der Waals surface area (Å²) < 4.78 is 18.7. The lowest BCUT2D eigenvalue weighted by Gasteiger charge is -2.15. The molecule has 20 heavy (non-hydrogen) atoms. The second-order valence-electron chi connectivity index (χ2n) is 4.19. The van der Waals surface area contributed by atoms with E-state index in [2.05, 4.69) is 17.2 Å². The summed E-state index contributed by atoms with van der Waals surface area (Å²) in [5, 5.41) is 11.3. The lowest BCUT2D eigenvalue weighted by Crippen LogP contribution is -2.37. The topological polar surface area (TPSA) is 58.6 Å². The molecule has 0 saturated carbocycles. The highest BCUT2D eigenvalue weighted by atomic mass is 19.1. The van der Waals surface area contributed by atoms with Crippen molar-refractivity contribution in [1.29, 1.82) is 0 Å². The molecule has 1 aromatic carbocycles. The van der Waals surface area contributed by atoms with E-state index in [-0.39, 0.29) is 29.7 Å². The Morgan fingerprint density at radius 2 is 2.30 bits per heavy atom. The first-order valence-electron chi connectivity index (χ1n) is 6.31. The minimum atomic E-state index is -0.585. The molecule has 0 aliphatic rings. The summed E-state index contributed by atoms with van der Waals surface area (Å²) in [5.74, 6) is 3.90. The maximum absolute atomic E-state index is 13.7. The second-order valence-corrected chi connectivity index (χ2v) is 4.19. The number of aliphatic hydroxyl groups is 1. The monoisotopic (exact) mass is 279 g/mol. The van der Waals surface area contributed by atoms with Crippen LogP contribution >= 0.6 is 0 Å². The van der Waals surface area contributed by atoms with Crippen molar-refractivity contribution in [3.05, 3.63) is 35.1 Å². The molecule has 5 heteroatoms. The van der Waals surface area contributed by atoms with E-state index in [1.807, 2.05) is 6.92 Å². The zero-order valence-electron chi connectivity index (χ0n) is 11.6. The minimum Gasteiger partial charge on any atom is -0.384 e. The van der Waals surface area contributed by atoms with Crippen LogP contribution in [0, 0.1) is 17.7 Å². The molecule has 1 aromatic rings. The molecule has 4 nitrogen and oxygen atoms in total. The maximum atomic E-state index is 13.7. The first-order chi connectivity index (χ1) is 9.62. The number of carbonyl (C=O) groups is 1. The zero-order chi connectivity index (χ0) is 15.0. The van der Waals surface area contributed by atoms with Gasteiger partial charge in [0.1, 0.15) is 12.4 Å². The number of benzene rings is 1. The summed E-state index contributed by atoms with van der Waals surface area (Å²) in [7, 11) is 1.56. The SMILES string of the molecule is CCC(COC)NC(=O)c1ccc(C#CCO)c(F)c1. The van der Waals surface area contributed by atoms with Gasteiger partial charge in [0.05, 0.1) is 18.2 Å². The van der Waals surface area contributed by atoms with Gasteiger partial charge in [-0.1, -0.05) is 18.8 Å². The van der Waals surface area contributed by atoms with Crippen LogP contribution in [0.15, 0.2) is 18.2 Å². The number of amides is 1. The molecular weight excluding hydrogens is 261 g/mol. The van der Waals surface area contributed by atoms with Crippen molar-refractivity contribution in [2.75, 3.05) is 20.3 Å². The van der Waals surface area contributed by atoms with Gasteiger partial charge >= 0.3 is 0 Å². The van der Waals surface area contributed by atoms with Crippen LogP contribution in [0.1, 0.15) is 29.3 Å². The minimum absolute atomic E-state index is 0.107. The number of methoxy groups -OCH3 is 1. The van der Waals surface area contributed by atoms with Crippen molar-refractivity contribution in [1.82, 2.24) is 5.32 Å². The van der Waals surface area contributed by atoms with Crippen LogP contribution in [0.3, 0.4) is 0 Å². The fourth-order valence-corrected chi connectivity index (χ4v) is 1.62. The third-order valence-electron chi connectivity index (χ3n) is 2.73. The molecule has 1 amide bonds. The maximum Gasteiger partial charge on any atom is 0.251 e. The van der Waals surface area contributed by atoms with Crippen LogP contribution in [0.4, 0.5) is 4.39 Å². The van der Waals surface area contributed by atoms with Gasteiger partial charge in [-0.3, -0.25) is 4.79 Å². The molecule has 0 aromatic heterocycles. The molecule has 0 aliphatic carbocycles. The van der Waals surface area contributed by atoms with Crippen molar-refractivity contribution in [3.63, 3.8) is 0 Å². The normalized spacial score (nSPS) is 11.4. The predicted octanol–water partition coefficient (Wildman–Crippen LogP) is 1.32. The summed E-state index contributed by atoms with van der Waals surface area (Å²) in [6, 6.07) is 3.95. The van der Waals surface area contributed by atoms with Gasteiger partial charge in [0.15, 0.2) is 0 Å². The molecule has 2 N–H and O–H groups in total. The van der Waals surface area contributed by atoms with E-state index in [4.69, 9.17) is 9.84 Å². The van der Waals surface area contributed by atoms with E-state index in [0.29, 0.717) is 6.61 Å². The molecule has 1 atom stereocenters. The molecule has 1 rings (SSSR count). The van der Waals surface area contributed by atoms with E-state index < -0.39 is 5.82 Å². The summed E-state index contributed by atoms with van der Waals surface area (Å²) in [6.07, 6.45) is 0.724. The molecule has 1 unspecified atom stereocenters. The Balaban J connectivity index is 2.81. The van der Waals surface area contributed by atoms with Crippen molar-refractivity contribution >= 4 is 5.91 Å². The summed E-state index contributed by atoms with van der Waals surface area (Å²) in [4.78, 5) is 12.0. The molecule has 0 radical (unpaired) electrons. The second kappa shape index (κ2) is 8.31. The van der Waals surface area contributed by atoms with Gasteiger partial charge in [0.2, 0.25) is 0 Å². The number of halogens is 1. The number of nitrogens with one attached hydrogen (secondary N) is 1. The van der Waals surface area contributed by atoms with Crippen LogP contribution < -0.4 is 5.32 Å². The van der Waals surface area contributed by atoms with E-state index in [1.54, 1.807) is 7.11 Å². The first kappa shape index (κ1) is 16.2. The van der Waals surface area contributed by atoms with Gasteiger partial charge in [0.25, 0.3) is 5.91 Å². The molecule has 0 saturated heterocycles. The van der Waals surface area contributed by atoms with Crippen molar-refractivity contribution in [3.8, 4) is 11.8 Å². The highest BCUT2D eigenvalue weighted by molar-refractivity contribution is 5.94. The molecule has 0 aliphatic heterocycles. The van der Waals surface area contributed by atoms with Gasteiger partial charge in [0, 0.05) is 12.7 Å².